The van der Waals surface area contributed by atoms with Gasteiger partial charge in [0, 0.05) is 48.6 Å². The highest BCUT2D eigenvalue weighted by atomic mass is 79.9. The second-order valence-corrected chi connectivity index (χ2v) is 11.7. The number of halogens is 3. The van der Waals surface area contributed by atoms with Gasteiger partial charge in [-0.25, -0.2) is 4.98 Å². The maximum absolute atomic E-state index is 13.5. The van der Waals surface area contributed by atoms with E-state index >= 15 is 0 Å². The molecule has 2 aromatic heterocycles. The van der Waals surface area contributed by atoms with Crippen LogP contribution in [0.2, 0.25) is 10.0 Å². The van der Waals surface area contributed by atoms with E-state index in [1.165, 1.54) is 4.68 Å². The number of rotatable bonds is 8. The quantitative estimate of drug-likeness (QED) is 0.158. The van der Waals surface area contributed by atoms with Gasteiger partial charge in [-0.05, 0) is 80.9 Å². The number of aromatic nitrogens is 3. The van der Waals surface area contributed by atoms with Crippen LogP contribution in [0.25, 0.3) is 16.6 Å². The largest absolute Gasteiger partial charge is 0.489 e. The molecule has 0 radical (unpaired) electrons. The van der Waals surface area contributed by atoms with Crippen LogP contribution < -0.4 is 10.3 Å². The lowest BCUT2D eigenvalue weighted by molar-refractivity contribution is 0.306. The Balaban J connectivity index is 1.42. The highest BCUT2D eigenvalue weighted by Gasteiger charge is 2.16. The summed E-state index contributed by atoms with van der Waals surface area (Å²) in [6, 6.07) is 20.9. The van der Waals surface area contributed by atoms with E-state index in [9.17, 15) is 4.79 Å². The van der Waals surface area contributed by atoms with Crippen molar-refractivity contribution >= 4 is 56.2 Å². The molecule has 5 rings (SSSR count). The van der Waals surface area contributed by atoms with E-state index in [-0.39, 0.29) is 11.5 Å². The van der Waals surface area contributed by atoms with Crippen molar-refractivity contribution in [1.82, 2.24) is 14.2 Å². The van der Waals surface area contributed by atoms with Gasteiger partial charge in [0.25, 0.3) is 5.56 Å². The van der Waals surface area contributed by atoms with Crippen LogP contribution in [0.1, 0.15) is 54.5 Å². The minimum absolute atomic E-state index is 0.0665. The van der Waals surface area contributed by atoms with Crippen molar-refractivity contribution < 1.29 is 4.74 Å². The van der Waals surface area contributed by atoms with Crippen LogP contribution in [-0.4, -0.2) is 20.4 Å². The van der Waals surface area contributed by atoms with Gasteiger partial charge >= 0.3 is 0 Å². The molecule has 2 heterocycles. The summed E-state index contributed by atoms with van der Waals surface area (Å²) in [7, 11) is 0. The lowest BCUT2D eigenvalue weighted by Crippen LogP contribution is -2.23. The molecule has 0 saturated carbocycles. The third-order valence-electron chi connectivity index (χ3n) is 7.17. The van der Waals surface area contributed by atoms with E-state index in [0.29, 0.717) is 33.4 Å². The topological polar surface area (TPSA) is 61.4 Å². The molecule has 0 aliphatic carbocycles. The smallest absolute Gasteiger partial charge is 0.282 e. The van der Waals surface area contributed by atoms with Crippen molar-refractivity contribution in [2.75, 3.05) is 0 Å². The molecule has 3 aromatic carbocycles. The Morgan fingerprint density at radius 2 is 1.80 bits per heavy atom. The Kier molecular flexibility index (Phi) is 8.68. The van der Waals surface area contributed by atoms with Gasteiger partial charge in [0.15, 0.2) is 0 Å². The van der Waals surface area contributed by atoms with Crippen molar-refractivity contribution in [3.05, 3.63) is 120 Å². The third-order valence-corrected chi connectivity index (χ3v) is 8.25. The summed E-state index contributed by atoms with van der Waals surface area (Å²) in [5.74, 6) is 1.45. The molecule has 0 aliphatic heterocycles. The third kappa shape index (κ3) is 6.13. The first kappa shape index (κ1) is 29.1. The Morgan fingerprint density at radius 3 is 2.51 bits per heavy atom. The summed E-state index contributed by atoms with van der Waals surface area (Å²) in [6.45, 7) is 8.56. The van der Waals surface area contributed by atoms with Crippen LogP contribution in [-0.2, 0) is 6.61 Å². The molecule has 0 aliphatic rings. The fraction of sp³-hybridized carbons (Fsp3) is 0.219. The maximum atomic E-state index is 13.5. The minimum atomic E-state index is -0.188. The van der Waals surface area contributed by atoms with Crippen molar-refractivity contribution in [2.45, 2.75) is 46.6 Å². The monoisotopic (exact) mass is 650 g/mol. The first-order valence-corrected chi connectivity index (χ1v) is 14.8. The van der Waals surface area contributed by atoms with Crippen molar-refractivity contribution in [1.29, 1.82) is 0 Å². The fourth-order valence-electron chi connectivity index (χ4n) is 4.71. The molecule has 0 bridgehead atoms. The average molecular weight is 652 g/mol. The zero-order valence-electron chi connectivity index (χ0n) is 23.2. The van der Waals surface area contributed by atoms with Gasteiger partial charge in [-0.2, -0.15) is 9.78 Å². The average Bonchev–Trinajstić information content (AvgIpc) is 3.24. The van der Waals surface area contributed by atoms with E-state index in [0.717, 1.165) is 44.8 Å². The van der Waals surface area contributed by atoms with Crippen LogP contribution >= 0.6 is 39.1 Å². The first-order chi connectivity index (χ1) is 19.7. The van der Waals surface area contributed by atoms with Crippen LogP contribution in [0, 0.1) is 13.8 Å². The van der Waals surface area contributed by atoms with Crippen molar-refractivity contribution in [3.8, 4) is 11.4 Å². The van der Waals surface area contributed by atoms with E-state index in [2.05, 4.69) is 45.5 Å². The summed E-state index contributed by atoms with van der Waals surface area (Å²) in [5.41, 5.74) is 5.30. The van der Waals surface area contributed by atoms with E-state index in [1.54, 1.807) is 24.4 Å². The highest BCUT2D eigenvalue weighted by molar-refractivity contribution is 9.10. The highest BCUT2D eigenvalue weighted by Crippen LogP contribution is 2.26. The van der Waals surface area contributed by atoms with E-state index in [4.69, 9.17) is 32.9 Å². The first-order valence-electron chi connectivity index (χ1n) is 13.3. The zero-order chi connectivity index (χ0) is 29.3. The Morgan fingerprint density at radius 1 is 1.05 bits per heavy atom. The molecular weight excluding hydrogens is 623 g/mol. The number of fused-ring (bicyclic) bond motifs is 1. The number of nitrogens with zero attached hydrogens (tertiary/aromatic N) is 4. The lowest BCUT2D eigenvalue weighted by Gasteiger charge is -2.14. The molecule has 210 valence electrons. The molecule has 1 atom stereocenters. The second kappa shape index (κ2) is 12.2. The molecule has 0 spiro atoms. The molecule has 0 saturated heterocycles. The van der Waals surface area contributed by atoms with Crippen LogP contribution in [0.5, 0.6) is 5.75 Å². The Bertz CT molecular complexity index is 1830. The number of ether oxygens (including phenoxy) is 1. The molecule has 0 unspecified atom stereocenters. The second-order valence-electron chi connectivity index (χ2n) is 9.98. The summed E-state index contributed by atoms with van der Waals surface area (Å²) < 4.78 is 10.4. The lowest BCUT2D eigenvalue weighted by atomic mass is 10.1. The normalized spacial score (nSPS) is 12.4. The minimum Gasteiger partial charge on any atom is -0.489 e. The van der Waals surface area contributed by atoms with Crippen LogP contribution in [0.4, 0.5) is 0 Å². The summed E-state index contributed by atoms with van der Waals surface area (Å²) in [6.07, 6.45) is 2.58. The van der Waals surface area contributed by atoms with Gasteiger partial charge in [-0.1, -0.05) is 59.0 Å². The Hall–Kier alpha value is -3.39. The van der Waals surface area contributed by atoms with Gasteiger partial charge in [-0.15, -0.1) is 0 Å². The standard InChI is InChI=1S/C32H29BrCl2N4O2/c1-5-19(2)31-37-30-13-7-24(33)15-28(30)32(40)39(31)36-17-23-14-20(3)38(21(23)4)26-9-11-27(12-10-26)41-18-22-6-8-25(34)16-29(22)35/h6-17,19H,5,18H2,1-4H3/t19-/m0/s1. The molecule has 5 aromatic rings. The molecular formula is C32H29BrCl2N4O2. The zero-order valence-corrected chi connectivity index (χ0v) is 26.3. The number of hydrogen-bond donors (Lipinski definition) is 0. The molecule has 41 heavy (non-hydrogen) atoms. The summed E-state index contributed by atoms with van der Waals surface area (Å²) >= 11 is 15.7. The summed E-state index contributed by atoms with van der Waals surface area (Å²) in [5, 5.41) is 6.35. The van der Waals surface area contributed by atoms with Gasteiger partial charge in [0.1, 0.15) is 18.2 Å². The van der Waals surface area contributed by atoms with Crippen molar-refractivity contribution in [2.24, 2.45) is 5.10 Å². The van der Waals surface area contributed by atoms with E-state index in [1.807, 2.05) is 56.3 Å². The Labute approximate surface area is 257 Å². The van der Waals surface area contributed by atoms with Crippen LogP contribution in [0.3, 0.4) is 0 Å². The SMILES string of the molecule is CC[C@H](C)c1nc2ccc(Br)cc2c(=O)n1N=Cc1cc(C)n(-c2ccc(OCc3ccc(Cl)cc3Cl)cc2)c1C. The maximum Gasteiger partial charge on any atom is 0.282 e. The van der Waals surface area contributed by atoms with E-state index < -0.39 is 0 Å². The predicted molar refractivity (Wildman–Crippen MR) is 171 cm³/mol. The molecule has 0 amide bonds. The van der Waals surface area contributed by atoms with Crippen molar-refractivity contribution in [3.63, 3.8) is 0 Å². The molecule has 9 heteroatoms. The fourth-order valence-corrected chi connectivity index (χ4v) is 5.53. The molecule has 6 nitrogen and oxygen atoms in total. The number of aryl methyl sites for hydroxylation is 1. The molecule has 0 fully saturated rings. The van der Waals surface area contributed by atoms with Gasteiger partial charge in [-0.3, -0.25) is 4.79 Å². The summed E-state index contributed by atoms with van der Waals surface area (Å²) in [4.78, 5) is 18.3. The number of benzene rings is 3. The van der Waals surface area contributed by atoms with Gasteiger partial charge in [0.05, 0.1) is 17.1 Å². The predicted octanol–water partition coefficient (Wildman–Crippen LogP) is 8.85. The number of hydrogen-bond acceptors (Lipinski definition) is 4. The molecule has 0 N–H and O–H groups in total. The van der Waals surface area contributed by atoms with Gasteiger partial charge in [0.2, 0.25) is 0 Å². The van der Waals surface area contributed by atoms with Crippen LogP contribution in [0.15, 0.2) is 81.1 Å². The van der Waals surface area contributed by atoms with Gasteiger partial charge < -0.3 is 9.30 Å².